The average Bonchev–Trinajstić information content (AvgIpc) is 3.30. The summed E-state index contributed by atoms with van der Waals surface area (Å²) < 4.78 is 5.71. The number of nitrogens with one attached hydrogen (secondary N) is 2. The van der Waals surface area contributed by atoms with Gasteiger partial charge in [-0.3, -0.25) is 4.79 Å². The van der Waals surface area contributed by atoms with Crippen molar-refractivity contribution in [2.24, 2.45) is 0 Å². The van der Waals surface area contributed by atoms with Gasteiger partial charge in [0, 0.05) is 23.7 Å². The number of rotatable bonds is 6. The number of hydrogen-bond donors (Lipinski definition) is 2. The van der Waals surface area contributed by atoms with Crippen molar-refractivity contribution in [3.63, 3.8) is 0 Å². The molecule has 0 saturated heterocycles. The van der Waals surface area contributed by atoms with E-state index in [0.29, 0.717) is 18.2 Å². The summed E-state index contributed by atoms with van der Waals surface area (Å²) in [5, 5.41) is 10.1. The number of aromatic amines is 1. The Morgan fingerprint density at radius 1 is 1.36 bits per heavy atom. The van der Waals surface area contributed by atoms with Gasteiger partial charge >= 0.3 is 0 Å². The summed E-state index contributed by atoms with van der Waals surface area (Å²) >= 11 is 0. The summed E-state index contributed by atoms with van der Waals surface area (Å²) in [7, 11) is 0. The van der Waals surface area contributed by atoms with Crippen LogP contribution in [-0.2, 0) is 6.54 Å². The summed E-state index contributed by atoms with van der Waals surface area (Å²) in [4.78, 5) is 11.9. The molecule has 5 heteroatoms. The Balaban J connectivity index is 1.84. The second-order valence-corrected chi connectivity index (χ2v) is 5.96. The first-order valence-corrected chi connectivity index (χ1v) is 7.71. The molecule has 1 saturated carbocycles. The van der Waals surface area contributed by atoms with Crippen LogP contribution in [0.4, 0.5) is 0 Å². The van der Waals surface area contributed by atoms with Crippen LogP contribution in [0.25, 0.3) is 11.3 Å². The highest BCUT2D eigenvalue weighted by atomic mass is 16.5. The molecule has 5 nitrogen and oxygen atoms in total. The SMILES string of the molecule is CC(C)Oc1cccc(-c2cc(CNC3CC3)c(=O)[nH]n2)c1. The molecule has 1 aromatic carbocycles. The molecular weight excluding hydrogens is 278 g/mol. The Kier molecular flexibility index (Phi) is 4.24. The van der Waals surface area contributed by atoms with Gasteiger partial charge in [-0.05, 0) is 44.9 Å². The summed E-state index contributed by atoms with van der Waals surface area (Å²) in [6.45, 7) is 4.57. The van der Waals surface area contributed by atoms with Crippen molar-refractivity contribution in [2.45, 2.75) is 45.4 Å². The number of aromatic nitrogens is 2. The quantitative estimate of drug-likeness (QED) is 0.860. The maximum Gasteiger partial charge on any atom is 0.268 e. The minimum Gasteiger partial charge on any atom is -0.491 e. The van der Waals surface area contributed by atoms with Crippen molar-refractivity contribution >= 4 is 0 Å². The Morgan fingerprint density at radius 3 is 2.91 bits per heavy atom. The Morgan fingerprint density at radius 2 is 2.18 bits per heavy atom. The van der Waals surface area contributed by atoms with Crippen LogP contribution in [0.3, 0.4) is 0 Å². The van der Waals surface area contributed by atoms with Gasteiger partial charge in [0.25, 0.3) is 5.56 Å². The molecular formula is C17H21N3O2. The number of nitrogens with zero attached hydrogens (tertiary/aromatic N) is 1. The molecule has 2 N–H and O–H groups in total. The number of H-pyrrole nitrogens is 1. The third-order valence-electron chi connectivity index (χ3n) is 3.54. The van der Waals surface area contributed by atoms with E-state index in [2.05, 4.69) is 15.5 Å². The minimum absolute atomic E-state index is 0.122. The van der Waals surface area contributed by atoms with Crippen molar-refractivity contribution in [2.75, 3.05) is 0 Å². The Labute approximate surface area is 129 Å². The zero-order valence-corrected chi connectivity index (χ0v) is 12.9. The highest BCUT2D eigenvalue weighted by molar-refractivity contribution is 5.61. The maximum absolute atomic E-state index is 11.9. The van der Waals surface area contributed by atoms with Gasteiger partial charge in [0.2, 0.25) is 0 Å². The largest absolute Gasteiger partial charge is 0.491 e. The molecule has 0 radical (unpaired) electrons. The molecule has 2 aromatic rings. The van der Waals surface area contributed by atoms with Gasteiger partial charge in [0.1, 0.15) is 5.75 Å². The predicted octanol–water partition coefficient (Wildman–Crippen LogP) is 2.48. The monoisotopic (exact) mass is 299 g/mol. The molecule has 0 bridgehead atoms. The summed E-state index contributed by atoms with van der Waals surface area (Å²) in [5.41, 5.74) is 2.27. The van der Waals surface area contributed by atoms with E-state index in [1.165, 1.54) is 12.8 Å². The summed E-state index contributed by atoms with van der Waals surface area (Å²) in [5.74, 6) is 0.804. The maximum atomic E-state index is 11.9. The van der Waals surface area contributed by atoms with E-state index in [1.54, 1.807) is 0 Å². The van der Waals surface area contributed by atoms with E-state index < -0.39 is 0 Å². The van der Waals surface area contributed by atoms with Gasteiger partial charge in [-0.15, -0.1) is 0 Å². The van der Waals surface area contributed by atoms with Crippen molar-refractivity contribution in [3.05, 3.63) is 46.2 Å². The third kappa shape index (κ3) is 3.74. The van der Waals surface area contributed by atoms with Crippen LogP contribution < -0.4 is 15.6 Å². The van der Waals surface area contributed by atoms with Gasteiger partial charge in [0.15, 0.2) is 0 Å². The predicted molar refractivity (Wildman–Crippen MR) is 85.9 cm³/mol. The van der Waals surface area contributed by atoms with Crippen LogP contribution in [0.2, 0.25) is 0 Å². The lowest BCUT2D eigenvalue weighted by molar-refractivity contribution is 0.242. The molecule has 1 aliphatic rings. The second-order valence-electron chi connectivity index (χ2n) is 5.96. The molecule has 0 aliphatic heterocycles. The molecule has 1 aliphatic carbocycles. The van der Waals surface area contributed by atoms with Crippen LogP contribution in [0.5, 0.6) is 5.75 Å². The van der Waals surface area contributed by atoms with Crippen LogP contribution >= 0.6 is 0 Å². The van der Waals surface area contributed by atoms with Crippen LogP contribution in [0.1, 0.15) is 32.3 Å². The zero-order chi connectivity index (χ0) is 15.5. The lowest BCUT2D eigenvalue weighted by Gasteiger charge is -2.11. The van der Waals surface area contributed by atoms with Crippen LogP contribution in [-0.4, -0.2) is 22.3 Å². The molecule has 22 heavy (non-hydrogen) atoms. The van der Waals surface area contributed by atoms with Gasteiger partial charge in [-0.2, -0.15) is 5.10 Å². The number of benzene rings is 1. The highest BCUT2D eigenvalue weighted by Crippen LogP contribution is 2.23. The van der Waals surface area contributed by atoms with E-state index in [9.17, 15) is 4.79 Å². The average molecular weight is 299 g/mol. The molecule has 0 unspecified atom stereocenters. The van der Waals surface area contributed by atoms with E-state index in [1.807, 2.05) is 44.2 Å². The minimum atomic E-state index is -0.133. The molecule has 0 atom stereocenters. The zero-order valence-electron chi connectivity index (χ0n) is 12.9. The fourth-order valence-corrected chi connectivity index (χ4v) is 2.27. The van der Waals surface area contributed by atoms with Crippen molar-refractivity contribution < 1.29 is 4.74 Å². The van der Waals surface area contributed by atoms with E-state index in [0.717, 1.165) is 17.0 Å². The van der Waals surface area contributed by atoms with Gasteiger partial charge in [-0.25, -0.2) is 5.10 Å². The third-order valence-corrected chi connectivity index (χ3v) is 3.54. The molecule has 1 heterocycles. The standard InChI is InChI=1S/C17H21N3O2/c1-11(2)22-15-5-3-4-12(8-15)16-9-13(17(21)20-19-16)10-18-14-6-7-14/h3-5,8-9,11,14,18H,6-7,10H2,1-2H3,(H,20,21). The van der Waals surface area contributed by atoms with E-state index >= 15 is 0 Å². The Bertz CT molecular complexity index is 705. The smallest absolute Gasteiger partial charge is 0.268 e. The Hall–Kier alpha value is -2.14. The lowest BCUT2D eigenvalue weighted by Crippen LogP contribution is -2.23. The van der Waals surface area contributed by atoms with Crippen LogP contribution in [0, 0.1) is 0 Å². The van der Waals surface area contributed by atoms with Crippen molar-refractivity contribution in [1.29, 1.82) is 0 Å². The molecule has 1 fully saturated rings. The van der Waals surface area contributed by atoms with Gasteiger partial charge in [0.05, 0.1) is 11.8 Å². The first-order valence-electron chi connectivity index (χ1n) is 7.71. The summed E-state index contributed by atoms with van der Waals surface area (Å²) in [6.07, 6.45) is 2.52. The molecule has 0 amide bonds. The van der Waals surface area contributed by atoms with E-state index in [-0.39, 0.29) is 11.7 Å². The van der Waals surface area contributed by atoms with E-state index in [4.69, 9.17) is 4.74 Å². The molecule has 116 valence electrons. The lowest BCUT2D eigenvalue weighted by atomic mass is 10.1. The first kappa shape index (κ1) is 14.8. The molecule has 3 rings (SSSR count). The van der Waals surface area contributed by atoms with Gasteiger partial charge in [-0.1, -0.05) is 12.1 Å². The van der Waals surface area contributed by atoms with Crippen molar-refractivity contribution in [1.82, 2.24) is 15.5 Å². The first-order chi connectivity index (χ1) is 10.6. The fourth-order valence-electron chi connectivity index (χ4n) is 2.27. The molecule has 1 aromatic heterocycles. The molecule has 0 spiro atoms. The highest BCUT2D eigenvalue weighted by Gasteiger charge is 2.20. The fraction of sp³-hybridized carbons (Fsp3) is 0.412. The second kappa shape index (κ2) is 6.32. The summed E-state index contributed by atoms with van der Waals surface area (Å²) in [6, 6.07) is 10.2. The number of ether oxygens (including phenoxy) is 1. The van der Waals surface area contributed by atoms with Gasteiger partial charge < -0.3 is 10.1 Å². The number of hydrogen-bond acceptors (Lipinski definition) is 4. The van der Waals surface area contributed by atoms with Crippen LogP contribution in [0.15, 0.2) is 35.1 Å². The topological polar surface area (TPSA) is 67.0 Å². The van der Waals surface area contributed by atoms with Crippen molar-refractivity contribution in [3.8, 4) is 17.0 Å². The normalized spacial score (nSPS) is 14.3.